The van der Waals surface area contributed by atoms with E-state index in [4.69, 9.17) is 10.8 Å². The van der Waals surface area contributed by atoms with E-state index in [0.717, 1.165) is 16.8 Å². The van der Waals surface area contributed by atoms with Gasteiger partial charge in [-0.2, -0.15) is 0 Å². The highest BCUT2D eigenvalue weighted by atomic mass is 16.4. The molecule has 0 saturated carbocycles. The average Bonchev–Trinajstić information content (AvgIpc) is 2.96. The molecule has 6 heteroatoms. The van der Waals surface area contributed by atoms with E-state index in [2.05, 4.69) is 4.99 Å². The molecule has 4 N–H and O–H groups in total. The van der Waals surface area contributed by atoms with Crippen molar-refractivity contribution in [2.24, 2.45) is 10.7 Å². The molecule has 2 aromatic rings. The molecule has 0 radical (unpaired) electrons. The number of carboxylic acid groups (broad SMARTS) is 1. The largest absolute Gasteiger partial charge is 0.475 e. The Kier molecular flexibility index (Phi) is 4.48. The van der Waals surface area contributed by atoms with Gasteiger partial charge in [0.1, 0.15) is 6.17 Å². The number of hydrogen-bond donors (Lipinski definition) is 3. The summed E-state index contributed by atoms with van der Waals surface area (Å²) in [6.45, 7) is 0.575. The summed E-state index contributed by atoms with van der Waals surface area (Å²) in [6, 6.07) is 17.7. The number of para-hydroxylation sites is 1. The van der Waals surface area contributed by atoms with E-state index in [9.17, 15) is 9.90 Å². The Hall–Kier alpha value is -2.86. The van der Waals surface area contributed by atoms with Gasteiger partial charge in [-0.3, -0.25) is 0 Å². The third-order valence-electron chi connectivity index (χ3n) is 4.12. The number of aliphatic hydroxyl groups excluding tert-OH is 1. The number of hydrogen-bond acceptors (Lipinski definition) is 4. The summed E-state index contributed by atoms with van der Waals surface area (Å²) < 4.78 is 0. The van der Waals surface area contributed by atoms with Gasteiger partial charge in [-0.25, -0.2) is 9.79 Å². The molecule has 1 aliphatic heterocycles. The van der Waals surface area contributed by atoms with Crippen molar-refractivity contribution in [3.8, 4) is 11.1 Å². The van der Waals surface area contributed by atoms with Crippen LogP contribution < -0.4 is 10.6 Å². The maximum absolute atomic E-state index is 11.0. The van der Waals surface area contributed by atoms with E-state index in [1.165, 1.54) is 0 Å². The summed E-state index contributed by atoms with van der Waals surface area (Å²) >= 11 is 0. The highest BCUT2D eigenvalue weighted by Crippen LogP contribution is 2.35. The topological polar surface area (TPSA) is 99.2 Å². The van der Waals surface area contributed by atoms with E-state index in [1.54, 1.807) is 0 Å². The molecule has 0 aliphatic carbocycles. The SMILES string of the molecule is N/C(=N\C1C(O)CCN1c1ccccc1-c1ccccc1)C(=O)O. The lowest BCUT2D eigenvalue weighted by atomic mass is 10.0. The molecule has 0 aromatic heterocycles. The maximum atomic E-state index is 11.0. The number of benzene rings is 2. The minimum absolute atomic E-state index is 0.497. The van der Waals surface area contributed by atoms with Crippen molar-refractivity contribution in [3.05, 3.63) is 54.6 Å². The van der Waals surface area contributed by atoms with Gasteiger partial charge in [0.15, 0.2) is 0 Å². The van der Waals surface area contributed by atoms with Crippen LogP contribution in [0.25, 0.3) is 11.1 Å². The van der Waals surface area contributed by atoms with Crippen LogP contribution in [0.1, 0.15) is 6.42 Å². The Morgan fingerprint density at radius 2 is 1.79 bits per heavy atom. The molecule has 1 aliphatic rings. The third-order valence-corrected chi connectivity index (χ3v) is 4.12. The number of aliphatic hydroxyl groups is 1. The summed E-state index contributed by atoms with van der Waals surface area (Å²) in [5, 5.41) is 19.2. The molecule has 3 rings (SSSR count). The first kappa shape index (κ1) is 16.0. The van der Waals surface area contributed by atoms with Gasteiger partial charge in [0.2, 0.25) is 5.84 Å². The number of rotatable bonds is 3. The van der Waals surface area contributed by atoms with E-state index >= 15 is 0 Å². The molecule has 24 heavy (non-hydrogen) atoms. The zero-order chi connectivity index (χ0) is 17.1. The Morgan fingerprint density at radius 1 is 1.12 bits per heavy atom. The quantitative estimate of drug-likeness (QED) is 0.589. The highest BCUT2D eigenvalue weighted by Gasteiger charge is 2.34. The first-order valence-electron chi connectivity index (χ1n) is 7.73. The van der Waals surface area contributed by atoms with Crippen LogP contribution in [0.3, 0.4) is 0 Å². The normalized spacial score (nSPS) is 21.0. The molecule has 2 atom stereocenters. The minimum atomic E-state index is -1.29. The molecular formula is C18H19N3O3. The predicted octanol–water partition coefficient (Wildman–Crippen LogP) is 1.69. The van der Waals surface area contributed by atoms with Crippen molar-refractivity contribution < 1.29 is 15.0 Å². The van der Waals surface area contributed by atoms with Crippen LogP contribution in [-0.2, 0) is 4.79 Å². The van der Waals surface area contributed by atoms with Crippen molar-refractivity contribution in [2.75, 3.05) is 11.4 Å². The van der Waals surface area contributed by atoms with Crippen molar-refractivity contribution in [1.82, 2.24) is 0 Å². The summed E-state index contributed by atoms with van der Waals surface area (Å²) in [6.07, 6.45) is -0.956. The fourth-order valence-corrected chi connectivity index (χ4v) is 2.96. The van der Waals surface area contributed by atoms with Gasteiger partial charge in [-0.1, -0.05) is 48.5 Å². The fraction of sp³-hybridized carbons (Fsp3) is 0.222. The Morgan fingerprint density at radius 3 is 2.50 bits per heavy atom. The van der Waals surface area contributed by atoms with Crippen molar-refractivity contribution in [1.29, 1.82) is 0 Å². The standard InChI is InChI=1S/C18H19N3O3/c19-16(18(23)24)20-17-15(22)10-11-21(17)14-9-5-4-8-13(14)12-6-2-1-3-7-12/h1-9,15,17,22H,10-11H2,(H2,19,20)(H,23,24). The Bertz CT molecular complexity index is 761. The molecule has 1 heterocycles. The van der Waals surface area contributed by atoms with Gasteiger partial charge in [0.25, 0.3) is 0 Å². The second kappa shape index (κ2) is 6.72. The second-order valence-corrected chi connectivity index (χ2v) is 5.67. The van der Waals surface area contributed by atoms with E-state index < -0.39 is 24.1 Å². The smallest absolute Gasteiger partial charge is 0.371 e. The van der Waals surface area contributed by atoms with E-state index in [1.807, 2.05) is 59.5 Å². The second-order valence-electron chi connectivity index (χ2n) is 5.67. The predicted molar refractivity (Wildman–Crippen MR) is 92.9 cm³/mol. The molecule has 0 amide bonds. The molecular weight excluding hydrogens is 306 g/mol. The number of nitrogens with zero attached hydrogens (tertiary/aromatic N) is 2. The number of carbonyl (C=O) groups is 1. The van der Waals surface area contributed by atoms with Crippen LogP contribution >= 0.6 is 0 Å². The van der Waals surface area contributed by atoms with Crippen LogP contribution in [0, 0.1) is 0 Å². The molecule has 124 valence electrons. The van der Waals surface area contributed by atoms with Crippen LogP contribution in [0.5, 0.6) is 0 Å². The lowest BCUT2D eigenvalue weighted by molar-refractivity contribution is -0.129. The summed E-state index contributed by atoms with van der Waals surface area (Å²) in [5.41, 5.74) is 8.40. The fourth-order valence-electron chi connectivity index (χ4n) is 2.96. The number of amidine groups is 1. The van der Waals surface area contributed by atoms with Crippen LogP contribution in [0.2, 0.25) is 0 Å². The molecule has 1 saturated heterocycles. The van der Waals surface area contributed by atoms with Gasteiger partial charge >= 0.3 is 5.97 Å². The lowest BCUT2D eigenvalue weighted by Gasteiger charge is -2.27. The van der Waals surface area contributed by atoms with Gasteiger partial charge in [0.05, 0.1) is 6.10 Å². The van der Waals surface area contributed by atoms with Gasteiger partial charge < -0.3 is 20.8 Å². The summed E-state index contributed by atoms with van der Waals surface area (Å²) in [7, 11) is 0. The van der Waals surface area contributed by atoms with Gasteiger partial charge in [0, 0.05) is 17.8 Å². The molecule has 2 aromatic carbocycles. The molecule has 6 nitrogen and oxygen atoms in total. The van der Waals surface area contributed by atoms with Crippen molar-refractivity contribution in [2.45, 2.75) is 18.7 Å². The summed E-state index contributed by atoms with van der Waals surface area (Å²) in [5.74, 6) is -1.78. The Labute approximate surface area is 139 Å². The third kappa shape index (κ3) is 3.09. The zero-order valence-electron chi connectivity index (χ0n) is 13.0. The molecule has 2 unspecified atom stereocenters. The Balaban J connectivity index is 2.02. The highest BCUT2D eigenvalue weighted by molar-refractivity contribution is 6.33. The molecule has 0 spiro atoms. The van der Waals surface area contributed by atoms with E-state index in [-0.39, 0.29) is 0 Å². The number of aliphatic carboxylic acids is 1. The monoisotopic (exact) mass is 325 g/mol. The van der Waals surface area contributed by atoms with Crippen molar-refractivity contribution >= 4 is 17.5 Å². The lowest BCUT2D eigenvalue weighted by Crippen LogP contribution is -2.37. The van der Waals surface area contributed by atoms with E-state index in [0.29, 0.717) is 13.0 Å². The average molecular weight is 325 g/mol. The number of aliphatic imine (C=N–C) groups is 1. The summed E-state index contributed by atoms with van der Waals surface area (Å²) in [4.78, 5) is 16.9. The number of carboxylic acids is 1. The first-order valence-corrected chi connectivity index (χ1v) is 7.73. The minimum Gasteiger partial charge on any atom is -0.475 e. The zero-order valence-corrected chi connectivity index (χ0v) is 13.0. The molecule has 1 fully saturated rings. The number of nitrogens with two attached hydrogens (primary N) is 1. The van der Waals surface area contributed by atoms with Gasteiger partial charge in [-0.15, -0.1) is 0 Å². The van der Waals surface area contributed by atoms with Crippen LogP contribution in [-0.4, -0.2) is 40.8 Å². The van der Waals surface area contributed by atoms with Crippen LogP contribution in [0.15, 0.2) is 59.6 Å². The molecule has 0 bridgehead atoms. The number of anilines is 1. The van der Waals surface area contributed by atoms with Crippen LogP contribution in [0.4, 0.5) is 5.69 Å². The van der Waals surface area contributed by atoms with Gasteiger partial charge in [-0.05, 0) is 18.1 Å². The maximum Gasteiger partial charge on any atom is 0.371 e. The van der Waals surface area contributed by atoms with Crippen molar-refractivity contribution in [3.63, 3.8) is 0 Å². The first-order chi connectivity index (χ1) is 11.6.